The van der Waals surface area contributed by atoms with Gasteiger partial charge in [0.2, 0.25) is 8.32 Å². The fourth-order valence-corrected chi connectivity index (χ4v) is 2.49. The second-order valence-corrected chi connectivity index (χ2v) is 11.3. The topological polar surface area (TPSA) is 50.1 Å². The monoisotopic (exact) mass is 289 g/mol. The van der Waals surface area contributed by atoms with Gasteiger partial charge in [0.25, 0.3) is 0 Å². The number of rotatable bonds is 4. The molecule has 20 heavy (non-hydrogen) atoms. The Morgan fingerprint density at radius 2 is 1.95 bits per heavy atom. The minimum atomic E-state index is -1.92. The zero-order chi connectivity index (χ0) is 15.6. The molecule has 0 radical (unpaired) electrons. The van der Waals surface area contributed by atoms with Crippen molar-refractivity contribution in [3.05, 3.63) is 29.8 Å². The molecule has 1 unspecified atom stereocenters. The van der Waals surface area contributed by atoms with E-state index < -0.39 is 14.2 Å². The molecule has 1 atom stereocenters. The predicted octanol–water partition coefficient (Wildman–Crippen LogP) is 4.41. The predicted molar refractivity (Wildman–Crippen MR) is 83.4 cm³/mol. The molecule has 0 saturated heterocycles. The number of carbonyl (C=O) groups excluding carboxylic acids is 1. The second-order valence-electron chi connectivity index (χ2n) is 6.61. The zero-order valence-electron chi connectivity index (χ0n) is 13.2. The van der Waals surface area contributed by atoms with Gasteiger partial charge in [-0.2, -0.15) is 5.26 Å². The van der Waals surface area contributed by atoms with Crippen molar-refractivity contribution in [2.75, 3.05) is 0 Å². The Bertz CT molecular complexity index is 538. The van der Waals surface area contributed by atoms with E-state index in [0.717, 1.165) is 0 Å². The van der Waals surface area contributed by atoms with E-state index in [0.29, 0.717) is 11.3 Å². The first-order valence-electron chi connectivity index (χ1n) is 6.81. The van der Waals surface area contributed by atoms with Gasteiger partial charge in [0.1, 0.15) is 11.7 Å². The van der Waals surface area contributed by atoms with E-state index in [1.807, 2.05) is 12.1 Å². The van der Waals surface area contributed by atoms with Crippen molar-refractivity contribution in [3.8, 4) is 11.8 Å². The third-order valence-corrected chi connectivity index (χ3v) is 8.24. The summed E-state index contributed by atoms with van der Waals surface area (Å²) in [5.41, 5.74) is 0.537. The highest BCUT2D eigenvalue weighted by Gasteiger charge is 2.39. The first-order valence-corrected chi connectivity index (χ1v) is 9.72. The van der Waals surface area contributed by atoms with Crippen LogP contribution in [0.2, 0.25) is 18.1 Å². The Kier molecular flexibility index (Phi) is 4.77. The maximum absolute atomic E-state index is 12.0. The zero-order valence-corrected chi connectivity index (χ0v) is 14.2. The lowest BCUT2D eigenvalue weighted by molar-refractivity contribution is 0.0956. The van der Waals surface area contributed by atoms with Gasteiger partial charge >= 0.3 is 0 Å². The summed E-state index contributed by atoms with van der Waals surface area (Å²) in [6, 6.07) is 9.13. The highest BCUT2D eigenvalue weighted by atomic mass is 28.4. The van der Waals surface area contributed by atoms with Gasteiger partial charge < -0.3 is 4.43 Å². The van der Waals surface area contributed by atoms with E-state index in [-0.39, 0.29) is 10.8 Å². The summed E-state index contributed by atoms with van der Waals surface area (Å²) < 4.78 is 6.17. The van der Waals surface area contributed by atoms with Gasteiger partial charge in [-0.15, -0.1) is 0 Å². The third-order valence-electron chi connectivity index (χ3n) is 3.88. The Labute approximate surface area is 122 Å². The van der Waals surface area contributed by atoms with E-state index >= 15 is 0 Å². The summed E-state index contributed by atoms with van der Waals surface area (Å²) in [5.74, 6) is -0.0705. The van der Waals surface area contributed by atoms with Crippen molar-refractivity contribution >= 4 is 14.1 Å². The molecular weight excluding hydrogens is 266 g/mol. The van der Waals surface area contributed by atoms with Crippen LogP contribution in [0.15, 0.2) is 24.3 Å². The molecule has 0 aliphatic rings. The van der Waals surface area contributed by atoms with Crippen molar-refractivity contribution in [1.82, 2.24) is 0 Å². The minimum absolute atomic E-state index is 0.104. The molecule has 0 saturated carbocycles. The van der Waals surface area contributed by atoms with Gasteiger partial charge in [0.05, 0.1) is 6.07 Å². The molecule has 1 aromatic carbocycles. The lowest BCUT2D eigenvalue weighted by atomic mass is 10.0. The summed E-state index contributed by atoms with van der Waals surface area (Å²) in [6.45, 7) is 12.5. The number of nitrogens with zero attached hydrogens (tertiary/aromatic N) is 1. The standard InChI is InChI=1S/C16H23NO2Si/c1-12(11-17)15(18)13-8-7-9-14(10-13)19-20(5,6)16(2,3)4/h7-10,12H,1-6H3. The summed E-state index contributed by atoms with van der Waals surface area (Å²) in [4.78, 5) is 12.0. The maximum Gasteiger partial charge on any atom is 0.250 e. The number of carbonyl (C=O) groups is 1. The van der Waals surface area contributed by atoms with Gasteiger partial charge in [0, 0.05) is 5.56 Å². The number of hydrogen-bond donors (Lipinski definition) is 0. The molecule has 0 spiro atoms. The lowest BCUT2D eigenvalue weighted by Gasteiger charge is -2.36. The molecule has 4 heteroatoms. The summed E-state index contributed by atoms with van der Waals surface area (Å²) >= 11 is 0. The number of nitriles is 1. The fraction of sp³-hybridized carbons (Fsp3) is 0.500. The average molecular weight is 289 g/mol. The number of Topliss-reactive ketones (excluding diaryl/α,β-unsaturated/α-hetero) is 1. The number of ketones is 1. The molecular formula is C16H23NO2Si. The average Bonchev–Trinajstić information content (AvgIpc) is 2.35. The van der Waals surface area contributed by atoms with Gasteiger partial charge in [-0.05, 0) is 37.2 Å². The van der Waals surface area contributed by atoms with Crippen LogP contribution in [-0.2, 0) is 0 Å². The first kappa shape index (κ1) is 16.5. The lowest BCUT2D eigenvalue weighted by Crippen LogP contribution is -2.43. The van der Waals surface area contributed by atoms with E-state index in [1.54, 1.807) is 25.1 Å². The van der Waals surface area contributed by atoms with Crippen molar-refractivity contribution < 1.29 is 9.22 Å². The van der Waals surface area contributed by atoms with E-state index in [1.165, 1.54) is 0 Å². The normalized spacial score (nSPS) is 13.4. The molecule has 0 bridgehead atoms. The quantitative estimate of drug-likeness (QED) is 0.609. The first-order chi connectivity index (χ1) is 9.08. The highest BCUT2D eigenvalue weighted by molar-refractivity contribution is 6.74. The van der Waals surface area contributed by atoms with Crippen LogP contribution < -0.4 is 4.43 Å². The molecule has 0 fully saturated rings. The fourth-order valence-electron chi connectivity index (χ4n) is 1.47. The van der Waals surface area contributed by atoms with E-state index in [4.69, 9.17) is 9.69 Å². The van der Waals surface area contributed by atoms with Crippen LogP contribution >= 0.6 is 0 Å². The smallest absolute Gasteiger partial charge is 0.250 e. The molecule has 0 N–H and O–H groups in total. The van der Waals surface area contributed by atoms with Gasteiger partial charge in [-0.1, -0.05) is 32.9 Å². The molecule has 3 nitrogen and oxygen atoms in total. The van der Waals surface area contributed by atoms with Crippen LogP contribution in [0, 0.1) is 17.2 Å². The minimum Gasteiger partial charge on any atom is -0.543 e. The summed E-state index contributed by atoms with van der Waals surface area (Å²) in [7, 11) is -1.92. The SMILES string of the molecule is CC(C#N)C(=O)c1cccc(O[Si](C)(C)C(C)(C)C)c1. The van der Waals surface area contributed by atoms with Crippen LogP contribution in [0.1, 0.15) is 38.1 Å². The van der Waals surface area contributed by atoms with Crippen LogP contribution in [-0.4, -0.2) is 14.1 Å². The second kappa shape index (κ2) is 5.80. The molecule has 1 aromatic rings. The van der Waals surface area contributed by atoms with Gasteiger partial charge in [-0.3, -0.25) is 4.79 Å². The number of benzene rings is 1. The van der Waals surface area contributed by atoms with Crippen LogP contribution in [0.25, 0.3) is 0 Å². The largest absolute Gasteiger partial charge is 0.543 e. The van der Waals surface area contributed by atoms with Crippen molar-refractivity contribution in [1.29, 1.82) is 5.26 Å². The van der Waals surface area contributed by atoms with Gasteiger partial charge in [0.15, 0.2) is 5.78 Å². The number of hydrogen-bond acceptors (Lipinski definition) is 3. The molecule has 1 rings (SSSR count). The van der Waals surface area contributed by atoms with Crippen molar-refractivity contribution in [2.24, 2.45) is 5.92 Å². The summed E-state index contributed by atoms with van der Waals surface area (Å²) in [6.07, 6.45) is 0. The van der Waals surface area contributed by atoms with Crippen LogP contribution in [0.3, 0.4) is 0 Å². The third kappa shape index (κ3) is 3.70. The maximum atomic E-state index is 12.0. The molecule has 108 valence electrons. The van der Waals surface area contributed by atoms with Crippen molar-refractivity contribution in [3.63, 3.8) is 0 Å². The Balaban J connectivity index is 3.01. The van der Waals surface area contributed by atoms with Gasteiger partial charge in [-0.25, -0.2) is 0 Å². The van der Waals surface area contributed by atoms with E-state index in [9.17, 15) is 4.79 Å². The molecule has 0 heterocycles. The Morgan fingerprint density at radius 1 is 1.35 bits per heavy atom. The van der Waals surface area contributed by atoms with Crippen LogP contribution in [0.4, 0.5) is 0 Å². The van der Waals surface area contributed by atoms with E-state index in [2.05, 4.69) is 33.9 Å². The molecule has 0 aliphatic carbocycles. The molecule has 0 aromatic heterocycles. The van der Waals surface area contributed by atoms with Crippen molar-refractivity contribution in [2.45, 2.75) is 45.8 Å². The van der Waals surface area contributed by atoms with Crippen LogP contribution in [0.5, 0.6) is 5.75 Å². The molecule has 0 aliphatic heterocycles. The summed E-state index contributed by atoms with van der Waals surface area (Å²) in [5, 5.41) is 8.94. The Hall–Kier alpha value is -1.60. The Morgan fingerprint density at radius 3 is 2.45 bits per heavy atom. The highest BCUT2D eigenvalue weighted by Crippen LogP contribution is 2.37. The molecule has 0 amide bonds.